The number of ether oxygens (including phenoxy) is 2. The Morgan fingerprint density at radius 2 is 2.00 bits per heavy atom. The van der Waals surface area contributed by atoms with Crippen LogP contribution < -0.4 is 0 Å². The summed E-state index contributed by atoms with van der Waals surface area (Å²) in [6.45, 7) is 0. The molecule has 96 valence electrons. The number of sulfone groups is 1. The molecule has 0 amide bonds. The van der Waals surface area contributed by atoms with Crippen LogP contribution in [0.25, 0.3) is 0 Å². The smallest absolute Gasteiger partial charge is 0.337 e. The minimum atomic E-state index is -3.60. The molecule has 0 aromatic heterocycles. The van der Waals surface area contributed by atoms with Gasteiger partial charge in [-0.1, -0.05) is 18.2 Å². The maximum absolute atomic E-state index is 12.2. The van der Waals surface area contributed by atoms with Gasteiger partial charge in [-0.05, 0) is 12.1 Å². The third-order valence-electron chi connectivity index (χ3n) is 2.61. The van der Waals surface area contributed by atoms with E-state index < -0.39 is 21.2 Å². The Bertz CT molecular complexity index is 574. The largest absolute Gasteiger partial charge is 0.481 e. The molecule has 0 bridgehead atoms. The molecule has 0 saturated carbocycles. The van der Waals surface area contributed by atoms with E-state index in [0.29, 0.717) is 0 Å². The summed E-state index contributed by atoms with van der Waals surface area (Å²) in [5, 5.41) is 0. The Balaban J connectivity index is 2.19. The van der Waals surface area contributed by atoms with Crippen molar-refractivity contribution < 1.29 is 22.7 Å². The molecular formula is C12H12O5S. The molecule has 1 aliphatic rings. The highest BCUT2D eigenvalue weighted by atomic mass is 32.2. The minimum Gasteiger partial charge on any atom is -0.481 e. The molecule has 18 heavy (non-hydrogen) atoms. The molecule has 2 rings (SSSR count). The highest BCUT2D eigenvalue weighted by Crippen LogP contribution is 2.27. The molecular weight excluding hydrogens is 256 g/mol. The van der Waals surface area contributed by atoms with E-state index in [1.807, 2.05) is 0 Å². The number of carbonyl (C=O) groups excluding carboxylic acids is 1. The van der Waals surface area contributed by atoms with Crippen LogP contribution in [-0.4, -0.2) is 26.9 Å². The van der Waals surface area contributed by atoms with Gasteiger partial charge in [0.15, 0.2) is 0 Å². The van der Waals surface area contributed by atoms with Crippen molar-refractivity contribution in [2.75, 3.05) is 7.11 Å². The number of hydrogen-bond acceptors (Lipinski definition) is 5. The van der Waals surface area contributed by atoms with Crippen molar-refractivity contribution in [1.29, 1.82) is 0 Å². The van der Waals surface area contributed by atoms with E-state index in [4.69, 9.17) is 4.74 Å². The van der Waals surface area contributed by atoms with Gasteiger partial charge >= 0.3 is 5.97 Å². The summed E-state index contributed by atoms with van der Waals surface area (Å²) in [7, 11) is -2.36. The highest BCUT2D eigenvalue weighted by molar-refractivity contribution is 7.92. The molecule has 0 radical (unpaired) electrons. The van der Waals surface area contributed by atoms with Crippen molar-refractivity contribution in [1.82, 2.24) is 0 Å². The van der Waals surface area contributed by atoms with Crippen LogP contribution in [0.5, 0.6) is 0 Å². The van der Waals surface area contributed by atoms with E-state index in [0.717, 1.165) is 6.26 Å². The summed E-state index contributed by atoms with van der Waals surface area (Å²) >= 11 is 0. The van der Waals surface area contributed by atoms with E-state index in [1.165, 1.54) is 19.2 Å². The van der Waals surface area contributed by atoms with E-state index >= 15 is 0 Å². The Morgan fingerprint density at radius 3 is 2.61 bits per heavy atom. The average molecular weight is 268 g/mol. The predicted molar refractivity (Wildman–Crippen MR) is 63.2 cm³/mol. The van der Waals surface area contributed by atoms with E-state index in [1.54, 1.807) is 18.2 Å². The third-order valence-corrected chi connectivity index (χ3v) is 4.51. The fourth-order valence-electron chi connectivity index (χ4n) is 1.64. The van der Waals surface area contributed by atoms with Gasteiger partial charge in [0.25, 0.3) is 0 Å². The SMILES string of the molecule is COC(=O)C1=COC(S(=O)(=O)c2ccccc2)C1. The zero-order valence-corrected chi connectivity index (χ0v) is 10.5. The number of esters is 1. The van der Waals surface area contributed by atoms with Crippen LogP contribution in [0.4, 0.5) is 0 Å². The molecule has 0 spiro atoms. The van der Waals surface area contributed by atoms with Gasteiger partial charge in [-0.2, -0.15) is 0 Å². The second kappa shape index (κ2) is 4.81. The van der Waals surface area contributed by atoms with Gasteiger partial charge in [0.05, 0.1) is 23.8 Å². The molecule has 1 unspecified atom stereocenters. The highest BCUT2D eigenvalue weighted by Gasteiger charge is 2.35. The number of carbonyl (C=O) groups is 1. The van der Waals surface area contributed by atoms with Crippen LogP contribution in [0.3, 0.4) is 0 Å². The third kappa shape index (κ3) is 2.24. The molecule has 0 N–H and O–H groups in total. The standard InChI is InChI=1S/C12H12O5S/c1-16-12(13)9-7-11(17-8-9)18(14,15)10-5-3-2-4-6-10/h2-6,8,11H,7H2,1H3. The van der Waals surface area contributed by atoms with Gasteiger partial charge in [0.2, 0.25) is 15.3 Å². The van der Waals surface area contributed by atoms with Crippen molar-refractivity contribution in [3.05, 3.63) is 42.2 Å². The lowest BCUT2D eigenvalue weighted by Crippen LogP contribution is -2.21. The van der Waals surface area contributed by atoms with Gasteiger partial charge < -0.3 is 9.47 Å². The van der Waals surface area contributed by atoms with Crippen molar-refractivity contribution in [3.63, 3.8) is 0 Å². The summed E-state index contributed by atoms with van der Waals surface area (Å²) in [6.07, 6.45) is 1.15. The van der Waals surface area contributed by atoms with Gasteiger partial charge in [-0.15, -0.1) is 0 Å². The maximum Gasteiger partial charge on any atom is 0.337 e. The van der Waals surface area contributed by atoms with Crippen LogP contribution in [0.2, 0.25) is 0 Å². The summed E-state index contributed by atoms with van der Waals surface area (Å²) in [6, 6.07) is 7.99. The average Bonchev–Trinajstić information content (AvgIpc) is 2.89. The Kier molecular flexibility index (Phi) is 3.38. The monoisotopic (exact) mass is 268 g/mol. The molecule has 1 atom stereocenters. The van der Waals surface area contributed by atoms with Crippen molar-refractivity contribution in [3.8, 4) is 0 Å². The van der Waals surface area contributed by atoms with Crippen molar-refractivity contribution >= 4 is 15.8 Å². The zero-order chi connectivity index (χ0) is 13.2. The Morgan fingerprint density at radius 1 is 1.33 bits per heavy atom. The second-order valence-corrected chi connectivity index (χ2v) is 5.85. The Labute approximate surface area is 105 Å². The fourth-order valence-corrected chi connectivity index (χ4v) is 3.08. The van der Waals surface area contributed by atoms with Crippen molar-refractivity contribution in [2.45, 2.75) is 16.8 Å². The second-order valence-electron chi connectivity index (χ2n) is 3.76. The predicted octanol–water partition coefficient (Wildman–Crippen LogP) is 1.26. The summed E-state index contributed by atoms with van der Waals surface area (Å²) in [4.78, 5) is 11.4. The molecule has 0 saturated heterocycles. The van der Waals surface area contributed by atoms with Gasteiger partial charge in [-0.3, -0.25) is 0 Å². The molecule has 1 heterocycles. The molecule has 1 aromatic rings. The van der Waals surface area contributed by atoms with Gasteiger partial charge in [0, 0.05) is 6.42 Å². The molecule has 0 aliphatic carbocycles. The lowest BCUT2D eigenvalue weighted by Gasteiger charge is -2.11. The van der Waals surface area contributed by atoms with Crippen LogP contribution in [0.15, 0.2) is 47.1 Å². The molecule has 0 fully saturated rings. The van der Waals surface area contributed by atoms with E-state index in [-0.39, 0.29) is 16.9 Å². The number of methoxy groups -OCH3 is 1. The van der Waals surface area contributed by atoms with Crippen LogP contribution in [-0.2, 0) is 24.1 Å². The lowest BCUT2D eigenvalue weighted by atomic mass is 10.2. The quantitative estimate of drug-likeness (QED) is 0.772. The first-order chi connectivity index (χ1) is 8.55. The summed E-state index contributed by atoms with van der Waals surface area (Å²) in [5.41, 5.74) is -0.837. The molecule has 6 heteroatoms. The van der Waals surface area contributed by atoms with Gasteiger partial charge in [0.1, 0.15) is 0 Å². The molecule has 1 aromatic carbocycles. The number of hydrogen-bond donors (Lipinski definition) is 0. The van der Waals surface area contributed by atoms with Gasteiger partial charge in [-0.25, -0.2) is 13.2 Å². The summed E-state index contributed by atoms with van der Waals surface area (Å²) in [5.74, 6) is -0.569. The van der Waals surface area contributed by atoms with E-state index in [2.05, 4.69) is 4.74 Å². The maximum atomic E-state index is 12.2. The fraction of sp³-hybridized carbons (Fsp3) is 0.250. The Hall–Kier alpha value is -1.82. The van der Waals surface area contributed by atoms with Crippen molar-refractivity contribution in [2.24, 2.45) is 0 Å². The first-order valence-electron chi connectivity index (χ1n) is 5.27. The number of rotatable bonds is 3. The lowest BCUT2D eigenvalue weighted by molar-refractivity contribution is -0.136. The first-order valence-corrected chi connectivity index (χ1v) is 6.82. The molecule has 1 aliphatic heterocycles. The topological polar surface area (TPSA) is 69.7 Å². The normalized spacial score (nSPS) is 18.9. The van der Waals surface area contributed by atoms with Crippen LogP contribution in [0.1, 0.15) is 6.42 Å². The zero-order valence-electron chi connectivity index (χ0n) is 9.70. The first kappa shape index (κ1) is 12.6. The van der Waals surface area contributed by atoms with Crippen LogP contribution >= 0.6 is 0 Å². The summed E-state index contributed by atoms with van der Waals surface area (Å²) < 4.78 is 33.9. The molecule has 5 nitrogen and oxygen atoms in total. The van der Waals surface area contributed by atoms with Crippen LogP contribution in [0, 0.1) is 0 Å². The van der Waals surface area contributed by atoms with E-state index in [9.17, 15) is 13.2 Å². The number of benzene rings is 1. The minimum absolute atomic E-state index is 0.00387.